The molecule has 0 unspecified atom stereocenters. The van der Waals surface area contributed by atoms with Crippen molar-refractivity contribution in [2.45, 2.75) is 19.9 Å². The van der Waals surface area contributed by atoms with Gasteiger partial charge in [-0.1, -0.05) is 24.3 Å². The minimum Gasteiger partial charge on any atom is -0.397 e. The summed E-state index contributed by atoms with van der Waals surface area (Å²) in [5.41, 5.74) is 8.67. The first-order valence-electron chi connectivity index (χ1n) is 18.0. The van der Waals surface area contributed by atoms with Crippen LogP contribution in [-0.4, -0.2) is 106 Å². The third-order valence-corrected chi connectivity index (χ3v) is 9.35. The van der Waals surface area contributed by atoms with Crippen molar-refractivity contribution in [2.24, 2.45) is 0 Å². The molecule has 0 spiro atoms. The number of aromatic nitrogens is 4. The number of aromatic amines is 1. The lowest BCUT2D eigenvalue weighted by Crippen LogP contribution is -2.52. The van der Waals surface area contributed by atoms with Crippen LogP contribution in [0.1, 0.15) is 39.0 Å². The first-order valence-corrected chi connectivity index (χ1v) is 18.0. The molecule has 0 saturated carbocycles. The summed E-state index contributed by atoms with van der Waals surface area (Å²) >= 11 is 0. The van der Waals surface area contributed by atoms with Gasteiger partial charge in [0, 0.05) is 81.6 Å². The minimum atomic E-state index is -0.636. The number of rotatable bonds is 14. The number of nitrogens with zero attached hydrogens (tertiary/aromatic N) is 5. The number of H-pyrrole nitrogens is 1. The molecule has 0 radical (unpaired) electrons. The molecule has 1 fully saturated rings. The fourth-order valence-electron chi connectivity index (χ4n) is 6.33. The summed E-state index contributed by atoms with van der Waals surface area (Å²) in [4.78, 5) is 70.2. The Kier molecular flexibility index (Phi) is 12.4. The number of benzene rings is 2. The highest BCUT2D eigenvalue weighted by Crippen LogP contribution is 2.22. The number of ether oxygens (including phenoxy) is 1. The van der Waals surface area contributed by atoms with Crippen molar-refractivity contribution in [3.63, 3.8) is 0 Å². The summed E-state index contributed by atoms with van der Waals surface area (Å²) in [6, 6.07) is 16.3. The maximum Gasteiger partial charge on any atom is 0.272 e. The van der Waals surface area contributed by atoms with Crippen LogP contribution in [0.3, 0.4) is 0 Å². The van der Waals surface area contributed by atoms with E-state index in [0.717, 1.165) is 5.56 Å². The Balaban J connectivity index is 0.880. The van der Waals surface area contributed by atoms with Gasteiger partial charge in [-0.2, -0.15) is 5.10 Å². The van der Waals surface area contributed by atoms with Crippen molar-refractivity contribution in [3.05, 3.63) is 122 Å². The number of nitrogens with two attached hydrogens (primary N) is 1. The Morgan fingerprint density at radius 1 is 0.927 bits per heavy atom. The number of piperazine rings is 1. The smallest absolute Gasteiger partial charge is 0.272 e. The quantitative estimate of drug-likeness (QED) is 0.122. The number of nitrogen functional groups attached to an aromatic ring is 1. The highest BCUT2D eigenvalue weighted by Gasteiger charge is 2.26. The van der Waals surface area contributed by atoms with Gasteiger partial charge in [-0.25, -0.2) is 14.5 Å². The van der Waals surface area contributed by atoms with Gasteiger partial charge < -0.3 is 35.5 Å². The van der Waals surface area contributed by atoms with Crippen molar-refractivity contribution in [2.75, 3.05) is 64.8 Å². The molecule has 1 saturated heterocycles. The Morgan fingerprint density at radius 3 is 2.44 bits per heavy atom. The first kappa shape index (κ1) is 38.5. The highest BCUT2D eigenvalue weighted by molar-refractivity contribution is 5.98. The van der Waals surface area contributed by atoms with Gasteiger partial charge in [0.1, 0.15) is 5.82 Å². The lowest BCUT2D eigenvalue weighted by atomic mass is 10.0. The van der Waals surface area contributed by atoms with Crippen molar-refractivity contribution < 1.29 is 23.5 Å². The number of halogens is 1. The molecule has 4 heterocycles. The van der Waals surface area contributed by atoms with Crippen LogP contribution in [0.4, 0.5) is 10.1 Å². The van der Waals surface area contributed by atoms with Crippen LogP contribution in [0, 0.1) is 5.82 Å². The van der Waals surface area contributed by atoms with Crippen LogP contribution in [0.15, 0.2) is 82.6 Å². The summed E-state index contributed by atoms with van der Waals surface area (Å²) in [6.07, 6.45) is 3.55. The summed E-state index contributed by atoms with van der Waals surface area (Å²) < 4.78 is 22.0. The van der Waals surface area contributed by atoms with Crippen LogP contribution in [-0.2, 0) is 22.5 Å². The second-order valence-corrected chi connectivity index (χ2v) is 13.0. The van der Waals surface area contributed by atoms with Crippen LogP contribution in [0.5, 0.6) is 0 Å². The number of carbonyl (C=O) groups is 3. The lowest BCUT2D eigenvalue weighted by molar-refractivity contribution is -0.131. The molecule has 3 aromatic heterocycles. The van der Waals surface area contributed by atoms with Crippen LogP contribution in [0.25, 0.3) is 21.9 Å². The molecule has 55 heavy (non-hydrogen) atoms. The van der Waals surface area contributed by atoms with E-state index in [2.05, 4.69) is 25.8 Å². The average molecular weight is 752 g/mol. The molecule has 0 atom stereocenters. The highest BCUT2D eigenvalue weighted by atomic mass is 19.1. The van der Waals surface area contributed by atoms with Gasteiger partial charge in [-0.05, 0) is 48.4 Å². The molecule has 2 aromatic carbocycles. The van der Waals surface area contributed by atoms with E-state index in [1.165, 1.54) is 29.3 Å². The number of aryl methyl sites for hydroxylation is 1. The van der Waals surface area contributed by atoms with Crippen molar-refractivity contribution in [1.82, 2.24) is 40.2 Å². The number of amides is 3. The second kappa shape index (κ2) is 17.7. The standard InChI is InChI=1S/C39H42FN9O6/c1-2-47-24-26(8-10-34(47)50)27-21-32(41)36(44-22-27)38(53)43-12-18-55-17-11-42-23-35(51)48-13-15-49(16-14-48)39(54)30-19-25(7-9-31(30)40)20-33-28-5-3-4-6-29(28)37(52)46-45-33/h3-10,19,21-22,24,42H,2,11-18,20,23,41H2,1H3,(H,43,53)(H,46,52). The molecule has 6 rings (SSSR count). The van der Waals surface area contributed by atoms with Crippen LogP contribution in [0.2, 0.25) is 0 Å². The molecule has 5 N–H and O–H groups in total. The van der Waals surface area contributed by atoms with Gasteiger partial charge in [0.2, 0.25) is 5.91 Å². The number of fused-ring (bicyclic) bond motifs is 1. The number of pyridine rings is 2. The number of nitrogens with one attached hydrogen (secondary N) is 3. The maximum atomic E-state index is 14.9. The third kappa shape index (κ3) is 9.28. The van der Waals surface area contributed by atoms with Crippen LogP contribution >= 0.6 is 0 Å². The van der Waals surface area contributed by atoms with E-state index < -0.39 is 17.6 Å². The van der Waals surface area contributed by atoms with E-state index in [4.69, 9.17) is 10.5 Å². The van der Waals surface area contributed by atoms with Crippen LogP contribution < -0.4 is 27.5 Å². The fourth-order valence-corrected chi connectivity index (χ4v) is 6.33. The Morgan fingerprint density at radius 2 is 1.67 bits per heavy atom. The largest absolute Gasteiger partial charge is 0.397 e. The number of carbonyl (C=O) groups excluding carboxylic acids is 3. The molecule has 16 heteroatoms. The summed E-state index contributed by atoms with van der Waals surface area (Å²) in [6.45, 7) is 4.79. The number of hydrogen-bond donors (Lipinski definition) is 4. The minimum absolute atomic E-state index is 0.0586. The fraction of sp³-hybridized carbons (Fsp3) is 0.308. The maximum absolute atomic E-state index is 14.9. The van der Waals surface area contributed by atoms with E-state index in [1.807, 2.05) is 13.0 Å². The molecule has 15 nitrogen and oxygen atoms in total. The van der Waals surface area contributed by atoms with E-state index in [1.54, 1.807) is 52.1 Å². The molecule has 5 aromatic rings. The number of hydrogen-bond acceptors (Lipinski definition) is 10. The molecule has 286 valence electrons. The van der Waals surface area contributed by atoms with Gasteiger partial charge in [-0.3, -0.25) is 24.0 Å². The average Bonchev–Trinajstić information content (AvgIpc) is 3.20. The molecule has 1 aliphatic rings. The second-order valence-electron chi connectivity index (χ2n) is 13.0. The number of anilines is 1. The zero-order chi connectivity index (χ0) is 38.9. The van der Waals surface area contributed by atoms with E-state index in [9.17, 15) is 28.4 Å². The normalized spacial score (nSPS) is 12.9. The summed E-state index contributed by atoms with van der Waals surface area (Å²) in [5, 5.41) is 13.6. The predicted molar refractivity (Wildman–Crippen MR) is 204 cm³/mol. The SMILES string of the molecule is CCn1cc(-c2cnc(C(=O)NCCOCCNCC(=O)N3CCN(C(=O)c4cc(Cc5n[nH]c(=O)c6ccccc56)ccc4F)CC3)c(N)c2)ccc1=O. The van der Waals surface area contributed by atoms with Crippen molar-refractivity contribution >= 4 is 34.2 Å². The van der Waals surface area contributed by atoms with Gasteiger partial charge in [0.25, 0.3) is 22.9 Å². The lowest BCUT2D eigenvalue weighted by Gasteiger charge is -2.35. The Bertz CT molecular complexity index is 2320. The Labute approximate surface area is 315 Å². The third-order valence-electron chi connectivity index (χ3n) is 9.35. The summed E-state index contributed by atoms with van der Waals surface area (Å²) in [7, 11) is 0. The monoisotopic (exact) mass is 751 g/mol. The summed E-state index contributed by atoms with van der Waals surface area (Å²) in [5.74, 6) is -1.66. The van der Waals surface area contributed by atoms with E-state index in [0.29, 0.717) is 66.8 Å². The van der Waals surface area contributed by atoms with Crippen molar-refractivity contribution in [1.29, 1.82) is 0 Å². The van der Waals surface area contributed by atoms with Gasteiger partial charge in [0.15, 0.2) is 5.69 Å². The molecule has 0 aliphatic carbocycles. The van der Waals surface area contributed by atoms with Gasteiger partial charge >= 0.3 is 0 Å². The molecular weight excluding hydrogens is 709 g/mol. The van der Waals surface area contributed by atoms with Gasteiger partial charge in [0.05, 0.1) is 42.1 Å². The molecule has 1 aliphatic heterocycles. The molecular formula is C39H42FN9O6. The van der Waals surface area contributed by atoms with Gasteiger partial charge in [-0.15, -0.1) is 0 Å². The van der Waals surface area contributed by atoms with Crippen molar-refractivity contribution in [3.8, 4) is 11.1 Å². The topological polar surface area (TPSA) is 198 Å². The van der Waals surface area contributed by atoms with E-state index in [-0.39, 0.29) is 66.8 Å². The zero-order valence-corrected chi connectivity index (χ0v) is 30.3. The predicted octanol–water partition coefficient (Wildman–Crippen LogP) is 1.80. The first-order chi connectivity index (χ1) is 26.6. The zero-order valence-electron chi connectivity index (χ0n) is 30.3. The molecule has 3 amide bonds. The Hall–Kier alpha value is -6.26. The molecule has 0 bridgehead atoms. The van der Waals surface area contributed by atoms with E-state index >= 15 is 0 Å².